The van der Waals surface area contributed by atoms with E-state index in [4.69, 9.17) is 4.74 Å². The summed E-state index contributed by atoms with van der Waals surface area (Å²) >= 11 is 0. The van der Waals surface area contributed by atoms with E-state index in [1.807, 2.05) is 6.08 Å². The van der Waals surface area contributed by atoms with E-state index in [0.717, 1.165) is 45.1 Å². The highest BCUT2D eigenvalue weighted by Crippen LogP contribution is 2.63. The molecular formula is C24H34O3. The van der Waals surface area contributed by atoms with Crippen molar-refractivity contribution in [2.75, 3.05) is 6.61 Å². The summed E-state index contributed by atoms with van der Waals surface area (Å²) in [6, 6.07) is 0. The molecule has 6 atom stereocenters. The molecule has 0 radical (unpaired) electrons. The lowest BCUT2D eigenvalue weighted by Gasteiger charge is -2.57. The number of rotatable bonds is 5. The first-order valence-corrected chi connectivity index (χ1v) is 11.0. The lowest BCUT2D eigenvalue weighted by Crippen LogP contribution is -2.53. The molecule has 3 fully saturated rings. The summed E-state index contributed by atoms with van der Waals surface area (Å²) in [4.78, 5) is 24.8. The number of ether oxygens (including phenoxy) is 1. The van der Waals surface area contributed by atoms with Crippen molar-refractivity contribution in [3.63, 3.8) is 0 Å². The van der Waals surface area contributed by atoms with Crippen LogP contribution < -0.4 is 0 Å². The Balaban J connectivity index is 1.64. The van der Waals surface area contributed by atoms with Crippen molar-refractivity contribution >= 4 is 11.6 Å². The second-order valence-electron chi connectivity index (χ2n) is 9.72. The number of hydrogen-bond donors (Lipinski definition) is 0. The van der Waals surface area contributed by atoms with Gasteiger partial charge in [-0.15, -0.1) is 0 Å². The molecule has 3 nitrogen and oxygen atoms in total. The molecule has 0 heterocycles. The molecule has 0 bridgehead atoms. The van der Waals surface area contributed by atoms with Gasteiger partial charge in [0.05, 0.1) is 6.10 Å². The van der Waals surface area contributed by atoms with Crippen LogP contribution in [-0.2, 0) is 14.3 Å². The van der Waals surface area contributed by atoms with Crippen molar-refractivity contribution < 1.29 is 14.3 Å². The van der Waals surface area contributed by atoms with Crippen molar-refractivity contribution in [2.45, 2.75) is 78.2 Å². The number of fused-ring (bicyclic) bond motifs is 5. The lowest BCUT2D eigenvalue weighted by atomic mass is 9.48. The van der Waals surface area contributed by atoms with Crippen LogP contribution in [0.15, 0.2) is 23.8 Å². The minimum atomic E-state index is -0.125. The first-order valence-electron chi connectivity index (χ1n) is 11.0. The predicted octanol–water partition coefficient (Wildman–Crippen LogP) is 5.05. The summed E-state index contributed by atoms with van der Waals surface area (Å²) in [6.07, 6.45) is 14.1. The van der Waals surface area contributed by atoms with Crippen LogP contribution in [0.3, 0.4) is 0 Å². The third-order valence-corrected chi connectivity index (χ3v) is 8.33. The number of allylic oxidation sites excluding steroid dienone is 3. The molecule has 6 unspecified atom stereocenters. The predicted molar refractivity (Wildman–Crippen MR) is 106 cm³/mol. The summed E-state index contributed by atoms with van der Waals surface area (Å²) < 4.78 is 6.39. The third kappa shape index (κ3) is 2.97. The van der Waals surface area contributed by atoms with Gasteiger partial charge in [-0.2, -0.15) is 0 Å². The molecule has 0 spiro atoms. The zero-order valence-corrected chi connectivity index (χ0v) is 17.1. The van der Waals surface area contributed by atoms with Gasteiger partial charge in [-0.25, -0.2) is 0 Å². The van der Waals surface area contributed by atoms with Crippen LogP contribution >= 0.6 is 0 Å². The summed E-state index contributed by atoms with van der Waals surface area (Å²) in [5.41, 5.74) is 0.972. The van der Waals surface area contributed by atoms with Crippen LogP contribution in [0.25, 0.3) is 0 Å². The summed E-state index contributed by atoms with van der Waals surface area (Å²) in [7, 11) is 0. The monoisotopic (exact) mass is 370 g/mol. The Morgan fingerprint density at radius 3 is 2.74 bits per heavy atom. The van der Waals surface area contributed by atoms with Crippen LogP contribution in [0.1, 0.15) is 72.1 Å². The summed E-state index contributed by atoms with van der Waals surface area (Å²) in [5, 5.41) is 0. The van der Waals surface area contributed by atoms with E-state index in [9.17, 15) is 9.59 Å². The fraction of sp³-hybridized carbons (Fsp3) is 0.750. The van der Waals surface area contributed by atoms with Crippen molar-refractivity contribution in [1.82, 2.24) is 0 Å². The molecule has 27 heavy (non-hydrogen) atoms. The Hall–Kier alpha value is -1.22. The zero-order chi connectivity index (χ0) is 19.2. The molecule has 4 aliphatic rings. The normalized spacial score (nSPS) is 43.1. The van der Waals surface area contributed by atoms with Gasteiger partial charge in [0.25, 0.3) is 0 Å². The van der Waals surface area contributed by atoms with Crippen LogP contribution in [0, 0.1) is 28.6 Å². The van der Waals surface area contributed by atoms with Gasteiger partial charge in [0.15, 0.2) is 5.78 Å². The summed E-state index contributed by atoms with van der Waals surface area (Å²) in [6.45, 7) is 7.49. The van der Waals surface area contributed by atoms with Gasteiger partial charge in [0.2, 0.25) is 0 Å². The van der Waals surface area contributed by atoms with Gasteiger partial charge in [0.1, 0.15) is 5.78 Å². The molecular weight excluding hydrogens is 336 g/mol. The van der Waals surface area contributed by atoms with Crippen LogP contribution in [0.5, 0.6) is 0 Å². The molecule has 148 valence electrons. The molecule has 0 amide bonds. The van der Waals surface area contributed by atoms with E-state index in [1.165, 1.54) is 18.4 Å². The van der Waals surface area contributed by atoms with Crippen molar-refractivity contribution in [3.8, 4) is 0 Å². The highest BCUT2D eigenvalue weighted by atomic mass is 16.5. The van der Waals surface area contributed by atoms with Gasteiger partial charge in [0, 0.05) is 23.9 Å². The third-order valence-electron chi connectivity index (χ3n) is 8.33. The van der Waals surface area contributed by atoms with Crippen LogP contribution in [0.4, 0.5) is 0 Å². The van der Waals surface area contributed by atoms with Gasteiger partial charge in [-0.3, -0.25) is 9.59 Å². The first kappa shape index (κ1) is 19.1. The molecule has 3 heteroatoms. The molecule has 0 aliphatic heterocycles. The molecule has 3 saturated carbocycles. The SMILES string of the molecule is CCCCCOC1CC2C(CCC3(C)C(=O)CCC23)C2(C)C=CC(=O)C=C12. The number of carbonyl (C=O) groups excluding carboxylic acids is 2. The minimum Gasteiger partial charge on any atom is -0.374 e. The first-order chi connectivity index (χ1) is 12.9. The van der Waals surface area contributed by atoms with E-state index in [2.05, 4.69) is 26.8 Å². The second kappa shape index (κ2) is 6.99. The zero-order valence-electron chi connectivity index (χ0n) is 17.1. The maximum atomic E-state index is 12.6. The van der Waals surface area contributed by atoms with E-state index in [1.54, 1.807) is 6.08 Å². The Bertz CT molecular complexity index is 690. The van der Waals surface area contributed by atoms with E-state index in [0.29, 0.717) is 23.5 Å². The van der Waals surface area contributed by atoms with Gasteiger partial charge in [-0.05, 0) is 67.6 Å². The average molecular weight is 371 g/mol. The second-order valence-corrected chi connectivity index (χ2v) is 9.72. The number of unbranched alkanes of at least 4 members (excludes halogenated alkanes) is 2. The molecule has 4 rings (SSSR count). The van der Waals surface area contributed by atoms with Crippen molar-refractivity contribution in [2.24, 2.45) is 28.6 Å². The number of ketones is 2. The van der Waals surface area contributed by atoms with Gasteiger partial charge < -0.3 is 4.74 Å². The Kier molecular flexibility index (Phi) is 4.95. The standard InChI is InChI=1S/C24H34O3/c1-4-5-6-13-27-21-15-17-18-7-8-22(26)24(18,3)12-10-19(17)23(2)11-9-16(25)14-20(21)23/h9,11,14,17-19,21H,4-8,10,12-13,15H2,1-3H3. The molecule has 0 aromatic carbocycles. The molecule has 0 aromatic heterocycles. The Morgan fingerprint density at radius 2 is 1.96 bits per heavy atom. The minimum absolute atomic E-state index is 0.0278. The van der Waals surface area contributed by atoms with E-state index < -0.39 is 0 Å². The number of hydrogen-bond acceptors (Lipinski definition) is 3. The highest BCUT2D eigenvalue weighted by Gasteiger charge is 2.60. The van der Waals surface area contributed by atoms with E-state index >= 15 is 0 Å². The summed E-state index contributed by atoms with van der Waals surface area (Å²) in [5.74, 6) is 2.10. The van der Waals surface area contributed by atoms with Crippen molar-refractivity contribution in [1.29, 1.82) is 0 Å². The van der Waals surface area contributed by atoms with Gasteiger partial charge >= 0.3 is 0 Å². The Labute approximate surface area is 163 Å². The average Bonchev–Trinajstić information content (AvgIpc) is 2.95. The van der Waals surface area contributed by atoms with Crippen LogP contribution in [0.2, 0.25) is 0 Å². The topological polar surface area (TPSA) is 43.4 Å². The quantitative estimate of drug-likeness (QED) is 0.636. The smallest absolute Gasteiger partial charge is 0.178 e. The van der Waals surface area contributed by atoms with Crippen molar-refractivity contribution in [3.05, 3.63) is 23.8 Å². The fourth-order valence-electron chi connectivity index (χ4n) is 6.73. The molecule has 0 saturated heterocycles. The lowest BCUT2D eigenvalue weighted by molar-refractivity contribution is -0.133. The molecule has 0 N–H and O–H groups in total. The Morgan fingerprint density at radius 1 is 1.15 bits per heavy atom. The maximum absolute atomic E-state index is 12.6. The van der Waals surface area contributed by atoms with Gasteiger partial charge in [-0.1, -0.05) is 39.7 Å². The van der Waals surface area contributed by atoms with E-state index in [-0.39, 0.29) is 22.7 Å². The van der Waals surface area contributed by atoms with Crippen LogP contribution in [-0.4, -0.2) is 24.3 Å². The molecule has 0 aromatic rings. The fourth-order valence-corrected chi connectivity index (χ4v) is 6.73. The largest absolute Gasteiger partial charge is 0.374 e. The number of carbonyl (C=O) groups is 2. The number of Topliss-reactive ketones (excluding diaryl/α,β-unsaturated/α-hetero) is 1. The highest BCUT2D eigenvalue weighted by molar-refractivity contribution is 6.01. The maximum Gasteiger partial charge on any atom is 0.178 e. The molecule has 4 aliphatic carbocycles.